The van der Waals surface area contributed by atoms with E-state index >= 15 is 0 Å². The first-order valence-corrected chi connectivity index (χ1v) is 8.89. The molecular formula is C19H28ClN3O3. The molecule has 1 aliphatic heterocycles. The summed E-state index contributed by atoms with van der Waals surface area (Å²) in [4.78, 5) is 39.3. The number of carbonyl (C=O) groups is 3. The molecule has 0 aromatic heterocycles. The summed E-state index contributed by atoms with van der Waals surface area (Å²) in [6, 6.07) is 5.68. The zero-order valence-electron chi connectivity index (χ0n) is 15.5. The predicted octanol–water partition coefficient (Wildman–Crippen LogP) is 2.36. The molecule has 2 unspecified atom stereocenters. The van der Waals surface area contributed by atoms with Crippen LogP contribution in [0.4, 0.5) is 0 Å². The molecule has 2 rings (SSSR count). The van der Waals surface area contributed by atoms with Crippen LogP contribution in [0.2, 0.25) is 0 Å². The van der Waals surface area contributed by atoms with Crippen LogP contribution in [-0.2, 0) is 4.79 Å². The van der Waals surface area contributed by atoms with Crippen LogP contribution in [0.15, 0.2) is 24.3 Å². The van der Waals surface area contributed by atoms with Gasteiger partial charge < -0.3 is 11.1 Å². The van der Waals surface area contributed by atoms with E-state index in [1.54, 1.807) is 24.3 Å². The van der Waals surface area contributed by atoms with Crippen molar-refractivity contribution in [2.45, 2.75) is 52.1 Å². The summed E-state index contributed by atoms with van der Waals surface area (Å²) in [6.07, 6.45) is 2.76. The molecule has 144 valence electrons. The zero-order chi connectivity index (χ0) is 18.6. The molecule has 3 N–H and O–H groups in total. The van der Waals surface area contributed by atoms with E-state index in [0.717, 1.165) is 24.2 Å². The highest BCUT2D eigenvalue weighted by molar-refractivity contribution is 6.22. The van der Waals surface area contributed by atoms with Gasteiger partial charge in [0.25, 0.3) is 11.8 Å². The van der Waals surface area contributed by atoms with Gasteiger partial charge in [0.1, 0.15) is 6.04 Å². The monoisotopic (exact) mass is 381 g/mol. The first-order chi connectivity index (χ1) is 11.9. The van der Waals surface area contributed by atoms with Gasteiger partial charge in [0.2, 0.25) is 5.91 Å². The van der Waals surface area contributed by atoms with Crippen molar-refractivity contribution in [2.24, 2.45) is 11.7 Å². The molecule has 2 atom stereocenters. The molecule has 3 amide bonds. The van der Waals surface area contributed by atoms with Gasteiger partial charge in [-0.1, -0.05) is 45.7 Å². The molecular weight excluding hydrogens is 354 g/mol. The van der Waals surface area contributed by atoms with E-state index in [9.17, 15) is 14.4 Å². The molecule has 0 radical (unpaired) electrons. The fraction of sp³-hybridized carbons (Fsp3) is 0.526. The minimum absolute atomic E-state index is 0. The number of fused-ring (bicyclic) bond motifs is 1. The molecule has 0 bridgehead atoms. The summed E-state index contributed by atoms with van der Waals surface area (Å²) in [7, 11) is 0. The lowest BCUT2D eigenvalue weighted by Gasteiger charge is -2.30. The highest BCUT2D eigenvalue weighted by Crippen LogP contribution is 2.27. The number of amides is 3. The van der Waals surface area contributed by atoms with Gasteiger partial charge in [-0.3, -0.25) is 19.3 Å². The Bertz CT molecular complexity index is 628. The summed E-state index contributed by atoms with van der Waals surface area (Å²) in [5.74, 6) is -1.34. The number of benzene rings is 1. The van der Waals surface area contributed by atoms with Gasteiger partial charge in [0.05, 0.1) is 11.1 Å². The van der Waals surface area contributed by atoms with Gasteiger partial charge in [0.15, 0.2) is 0 Å². The van der Waals surface area contributed by atoms with Crippen molar-refractivity contribution in [3.8, 4) is 0 Å². The van der Waals surface area contributed by atoms with Crippen LogP contribution >= 0.6 is 12.4 Å². The van der Waals surface area contributed by atoms with E-state index in [2.05, 4.69) is 12.2 Å². The topological polar surface area (TPSA) is 92.5 Å². The number of rotatable bonds is 8. The fourth-order valence-corrected chi connectivity index (χ4v) is 3.16. The van der Waals surface area contributed by atoms with Crippen LogP contribution in [0, 0.1) is 5.92 Å². The van der Waals surface area contributed by atoms with E-state index in [-0.39, 0.29) is 30.3 Å². The average molecular weight is 382 g/mol. The molecule has 26 heavy (non-hydrogen) atoms. The van der Waals surface area contributed by atoms with Crippen LogP contribution in [0.3, 0.4) is 0 Å². The minimum Gasteiger partial charge on any atom is -0.350 e. The first kappa shape index (κ1) is 22.1. The Hall–Kier alpha value is -1.92. The molecule has 0 fully saturated rings. The molecule has 7 heteroatoms. The second kappa shape index (κ2) is 9.69. The molecule has 6 nitrogen and oxygen atoms in total. The number of hydrogen-bond acceptors (Lipinski definition) is 4. The molecule has 0 saturated carbocycles. The number of nitrogens with zero attached hydrogens (tertiary/aromatic N) is 1. The Morgan fingerprint density at radius 2 is 1.69 bits per heavy atom. The lowest BCUT2D eigenvalue weighted by atomic mass is 10.0. The summed E-state index contributed by atoms with van der Waals surface area (Å²) in [5.41, 5.74) is 6.46. The number of nitrogens with one attached hydrogen (secondary N) is 1. The van der Waals surface area contributed by atoms with E-state index in [0.29, 0.717) is 17.7 Å². The Morgan fingerprint density at radius 3 is 2.12 bits per heavy atom. The van der Waals surface area contributed by atoms with Crippen molar-refractivity contribution in [2.75, 3.05) is 6.54 Å². The van der Waals surface area contributed by atoms with Gasteiger partial charge in [-0.15, -0.1) is 12.4 Å². The lowest BCUT2D eigenvalue weighted by molar-refractivity contribution is -0.127. The third kappa shape index (κ3) is 4.43. The molecule has 0 saturated heterocycles. The maximum absolute atomic E-state index is 12.8. The fourth-order valence-electron chi connectivity index (χ4n) is 3.16. The van der Waals surface area contributed by atoms with Crippen LogP contribution in [-0.4, -0.2) is 41.2 Å². The largest absolute Gasteiger partial charge is 0.350 e. The highest BCUT2D eigenvalue weighted by atomic mass is 35.5. The van der Waals surface area contributed by atoms with Crippen LogP contribution in [0.5, 0.6) is 0 Å². The number of imide groups is 1. The summed E-state index contributed by atoms with van der Waals surface area (Å²) >= 11 is 0. The van der Waals surface area contributed by atoms with Crippen molar-refractivity contribution >= 4 is 30.1 Å². The Labute approximate surface area is 160 Å². The Balaban J connectivity index is 0.00000338. The van der Waals surface area contributed by atoms with Gasteiger partial charge in [0, 0.05) is 12.6 Å². The van der Waals surface area contributed by atoms with Crippen molar-refractivity contribution < 1.29 is 14.4 Å². The quantitative estimate of drug-likeness (QED) is 0.676. The second-order valence-corrected chi connectivity index (χ2v) is 6.80. The number of nitrogens with two attached hydrogens (primary N) is 1. The number of unbranched alkanes of at least 4 members (excludes halogenated alkanes) is 1. The first-order valence-electron chi connectivity index (χ1n) is 8.89. The maximum atomic E-state index is 12.8. The molecule has 1 aliphatic rings. The van der Waals surface area contributed by atoms with E-state index < -0.39 is 17.9 Å². The third-order valence-electron chi connectivity index (χ3n) is 4.54. The Morgan fingerprint density at radius 1 is 1.15 bits per heavy atom. The molecule has 1 heterocycles. The van der Waals surface area contributed by atoms with Crippen LogP contribution < -0.4 is 11.1 Å². The second-order valence-electron chi connectivity index (χ2n) is 6.80. The van der Waals surface area contributed by atoms with Crippen LogP contribution in [0.1, 0.15) is 60.7 Å². The summed E-state index contributed by atoms with van der Waals surface area (Å²) in [6.45, 7) is 6.07. The maximum Gasteiger partial charge on any atom is 0.262 e. The van der Waals surface area contributed by atoms with Crippen molar-refractivity contribution in [3.05, 3.63) is 35.4 Å². The number of carbonyl (C=O) groups excluding carboxylic acids is 3. The standard InChI is InChI=1S/C19H27N3O3.ClH/c1-4-5-8-13(11-20)21-17(23)16(12(2)3)22-18(24)14-9-6-7-10-15(14)19(22)25;/h6-7,9-10,12-13,16H,4-5,8,11,20H2,1-3H3,(H,21,23);1H. The van der Waals surface area contributed by atoms with Gasteiger partial charge in [-0.2, -0.15) is 0 Å². The van der Waals surface area contributed by atoms with E-state index in [1.165, 1.54) is 0 Å². The third-order valence-corrected chi connectivity index (χ3v) is 4.54. The summed E-state index contributed by atoms with van der Waals surface area (Å²) in [5, 5.41) is 2.92. The van der Waals surface area contributed by atoms with Crippen molar-refractivity contribution in [3.63, 3.8) is 0 Å². The number of halogens is 1. The Kier molecular flexibility index (Phi) is 8.24. The normalized spacial score (nSPS) is 15.5. The van der Waals surface area contributed by atoms with Crippen molar-refractivity contribution in [1.29, 1.82) is 0 Å². The van der Waals surface area contributed by atoms with E-state index in [4.69, 9.17) is 5.73 Å². The minimum atomic E-state index is -0.844. The smallest absolute Gasteiger partial charge is 0.262 e. The molecule has 0 aliphatic carbocycles. The molecule has 1 aromatic rings. The molecule has 0 spiro atoms. The number of hydrogen-bond donors (Lipinski definition) is 2. The van der Waals surface area contributed by atoms with Crippen molar-refractivity contribution in [1.82, 2.24) is 10.2 Å². The van der Waals surface area contributed by atoms with Gasteiger partial charge in [-0.05, 0) is 24.5 Å². The predicted molar refractivity (Wildman–Crippen MR) is 103 cm³/mol. The summed E-state index contributed by atoms with van der Waals surface area (Å²) < 4.78 is 0. The van der Waals surface area contributed by atoms with E-state index in [1.807, 2.05) is 13.8 Å². The molecule has 1 aromatic carbocycles. The lowest BCUT2D eigenvalue weighted by Crippen LogP contribution is -2.55. The highest BCUT2D eigenvalue weighted by Gasteiger charge is 2.44. The average Bonchev–Trinajstić information content (AvgIpc) is 2.84. The van der Waals surface area contributed by atoms with Crippen LogP contribution in [0.25, 0.3) is 0 Å². The van der Waals surface area contributed by atoms with Gasteiger partial charge >= 0.3 is 0 Å². The zero-order valence-corrected chi connectivity index (χ0v) is 16.3. The SMILES string of the molecule is CCCCC(CN)NC(=O)C(C(C)C)N1C(=O)c2ccccc2C1=O.Cl. The van der Waals surface area contributed by atoms with Gasteiger partial charge in [-0.25, -0.2) is 0 Å².